The molecule has 0 aromatic rings. The first-order valence-electron chi connectivity index (χ1n) is 7.02. The predicted octanol–water partition coefficient (Wildman–Crippen LogP) is 2.03. The number of rotatable bonds is 10. The normalized spacial score (nSPS) is 11.6. The molecule has 0 aromatic carbocycles. The Balaban J connectivity index is 4.03. The summed E-state index contributed by atoms with van der Waals surface area (Å²) in [4.78, 5) is 13.9. The molecule has 0 saturated carbocycles. The second kappa shape index (κ2) is 9.34. The minimum absolute atomic E-state index is 0.156. The minimum Gasteiger partial charge on any atom is -0.380 e. The van der Waals surface area contributed by atoms with Gasteiger partial charge in [0.15, 0.2) is 0 Å². The lowest BCUT2D eigenvalue weighted by molar-refractivity contribution is -0.132. The maximum Gasteiger partial charge on any atom is 0.222 e. The largest absolute Gasteiger partial charge is 0.380 e. The fourth-order valence-electron chi connectivity index (χ4n) is 1.90. The quantitative estimate of drug-likeness (QED) is 0.610. The zero-order valence-corrected chi connectivity index (χ0v) is 12.5. The van der Waals surface area contributed by atoms with Crippen molar-refractivity contribution in [2.75, 3.05) is 32.8 Å². The first kappa shape index (κ1) is 17.4. The fraction of sp³-hybridized carbons (Fsp3) is 0.929. The predicted molar refractivity (Wildman–Crippen MR) is 75.4 cm³/mol. The zero-order valence-electron chi connectivity index (χ0n) is 12.5. The summed E-state index contributed by atoms with van der Waals surface area (Å²) in [5.41, 5.74) is 5.73. The molecule has 108 valence electrons. The number of likely N-dealkylation sites (N-methyl/N-ethyl adjacent to an activating group) is 1. The van der Waals surface area contributed by atoms with Crippen LogP contribution in [-0.4, -0.2) is 43.7 Å². The van der Waals surface area contributed by atoms with Gasteiger partial charge in [0, 0.05) is 26.1 Å². The number of carbonyl (C=O) groups is 1. The molecular weight excluding hydrogens is 228 g/mol. The minimum atomic E-state index is 0.156. The molecule has 0 rings (SSSR count). The van der Waals surface area contributed by atoms with Crippen molar-refractivity contribution in [3.05, 3.63) is 0 Å². The summed E-state index contributed by atoms with van der Waals surface area (Å²) in [6, 6.07) is 0. The van der Waals surface area contributed by atoms with Gasteiger partial charge >= 0.3 is 0 Å². The van der Waals surface area contributed by atoms with Crippen molar-refractivity contribution >= 4 is 5.91 Å². The number of nitrogens with two attached hydrogens (primary N) is 1. The summed E-state index contributed by atoms with van der Waals surface area (Å²) >= 11 is 0. The summed E-state index contributed by atoms with van der Waals surface area (Å²) in [5.74, 6) is 0.224. The Hall–Kier alpha value is -0.610. The van der Waals surface area contributed by atoms with Crippen LogP contribution in [0.1, 0.15) is 47.0 Å². The molecule has 1 amide bonds. The van der Waals surface area contributed by atoms with Crippen LogP contribution >= 0.6 is 0 Å². The first-order valence-corrected chi connectivity index (χ1v) is 7.02. The Labute approximate surface area is 112 Å². The van der Waals surface area contributed by atoms with Crippen molar-refractivity contribution < 1.29 is 9.53 Å². The van der Waals surface area contributed by atoms with E-state index in [0.717, 1.165) is 19.4 Å². The Morgan fingerprint density at radius 1 is 1.28 bits per heavy atom. The number of hydrogen-bond donors (Lipinski definition) is 1. The summed E-state index contributed by atoms with van der Waals surface area (Å²) in [6.45, 7) is 11.8. The smallest absolute Gasteiger partial charge is 0.222 e. The molecule has 0 spiro atoms. The van der Waals surface area contributed by atoms with E-state index in [4.69, 9.17) is 10.5 Å². The zero-order chi connectivity index (χ0) is 14.0. The maximum atomic E-state index is 12.1. The molecular formula is C14H30N2O2. The highest BCUT2D eigenvalue weighted by molar-refractivity contribution is 5.76. The molecule has 0 heterocycles. The highest BCUT2D eigenvalue weighted by Gasteiger charge is 2.20. The average Bonchev–Trinajstić information content (AvgIpc) is 2.32. The van der Waals surface area contributed by atoms with E-state index in [1.807, 2.05) is 18.7 Å². The fourth-order valence-corrected chi connectivity index (χ4v) is 1.90. The van der Waals surface area contributed by atoms with Crippen LogP contribution in [0.15, 0.2) is 0 Å². The van der Waals surface area contributed by atoms with Gasteiger partial charge in [-0.15, -0.1) is 0 Å². The molecule has 0 atom stereocenters. The van der Waals surface area contributed by atoms with Crippen LogP contribution in [0.2, 0.25) is 0 Å². The van der Waals surface area contributed by atoms with E-state index in [2.05, 4.69) is 13.8 Å². The van der Waals surface area contributed by atoms with Gasteiger partial charge in [-0.25, -0.2) is 0 Å². The highest BCUT2D eigenvalue weighted by atomic mass is 16.5. The molecule has 0 aliphatic heterocycles. The second-order valence-corrected chi connectivity index (χ2v) is 5.37. The molecule has 0 aromatic heterocycles. The third-order valence-corrected chi connectivity index (χ3v) is 3.28. The van der Waals surface area contributed by atoms with Gasteiger partial charge in [-0.1, -0.05) is 13.8 Å². The van der Waals surface area contributed by atoms with Crippen molar-refractivity contribution in [2.45, 2.75) is 47.0 Å². The van der Waals surface area contributed by atoms with Gasteiger partial charge < -0.3 is 15.4 Å². The third kappa shape index (κ3) is 7.67. The third-order valence-electron chi connectivity index (χ3n) is 3.28. The van der Waals surface area contributed by atoms with Crippen molar-refractivity contribution in [3.8, 4) is 0 Å². The molecule has 0 fully saturated rings. The van der Waals surface area contributed by atoms with Crippen LogP contribution in [-0.2, 0) is 9.53 Å². The molecule has 2 N–H and O–H groups in total. The van der Waals surface area contributed by atoms with Gasteiger partial charge in [0.1, 0.15) is 0 Å². The van der Waals surface area contributed by atoms with Gasteiger partial charge in [0.25, 0.3) is 0 Å². The van der Waals surface area contributed by atoms with E-state index >= 15 is 0 Å². The summed E-state index contributed by atoms with van der Waals surface area (Å²) in [5, 5.41) is 0. The number of carbonyl (C=O) groups excluding carboxylic acids is 1. The van der Waals surface area contributed by atoms with Crippen molar-refractivity contribution in [1.29, 1.82) is 0 Å². The topological polar surface area (TPSA) is 55.6 Å². The van der Waals surface area contributed by atoms with Crippen molar-refractivity contribution in [2.24, 2.45) is 11.1 Å². The summed E-state index contributed by atoms with van der Waals surface area (Å²) < 4.78 is 5.29. The molecule has 18 heavy (non-hydrogen) atoms. The molecule has 4 nitrogen and oxygen atoms in total. The Morgan fingerprint density at radius 3 is 2.44 bits per heavy atom. The lowest BCUT2D eigenvalue weighted by atomic mass is 9.84. The van der Waals surface area contributed by atoms with E-state index in [1.165, 1.54) is 0 Å². The second-order valence-electron chi connectivity index (χ2n) is 5.37. The number of hydrogen-bond acceptors (Lipinski definition) is 3. The van der Waals surface area contributed by atoms with E-state index in [-0.39, 0.29) is 11.3 Å². The summed E-state index contributed by atoms with van der Waals surface area (Å²) in [7, 11) is 0. The highest BCUT2D eigenvalue weighted by Crippen LogP contribution is 2.26. The molecule has 0 aliphatic carbocycles. The van der Waals surface area contributed by atoms with Gasteiger partial charge in [0.2, 0.25) is 5.91 Å². The van der Waals surface area contributed by atoms with Gasteiger partial charge in [-0.05, 0) is 38.6 Å². The lowest BCUT2D eigenvalue weighted by Gasteiger charge is -2.26. The summed E-state index contributed by atoms with van der Waals surface area (Å²) in [6.07, 6.45) is 2.46. The maximum absolute atomic E-state index is 12.1. The van der Waals surface area contributed by atoms with Gasteiger partial charge in [0.05, 0.1) is 6.61 Å². The molecule has 0 unspecified atom stereocenters. The Kier molecular flexibility index (Phi) is 9.02. The number of nitrogens with zero attached hydrogens (tertiary/aromatic N) is 1. The van der Waals surface area contributed by atoms with E-state index < -0.39 is 0 Å². The van der Waals surface area contributed by atoms with Gasteiger partial charge in [-0.3, -0.25) is 4.79 Å². The first-order chi connectivity index (χ1) is 8.46. The lowest BCUT2D eigenvalue weighted by Crippen LogP contribution is -2.34. The molecule has 0 bridgehead atoms. The van der Waals surface area contributed by atoms with Crippen LogP contribution < -0.4 is 5.73 Å². The Bertz CT molecular complexity index is 230. The van der Waals surface area contributed by atoms with Crippen LogP contribution in [0.5, 0.6) is 0 Å². The number of amides is 1. The van der Waals surface area contributed by atoms with Crippen LogP contribution in [0.25, 0.3) is 0 Å². The van der Waals surface area contributed by atoms with Crippen molar-refractivity contribution in [3.63, 3.8) is 0 Å². The van der Waals surface area contributed by atoms with Crippen LogP contribution in [0.4, 0.5) is 0 Å². The molecule has 0 aliphatic rings. The van der Waals surface area contributed by atoms with Crippen LogP contribution in [0.3, 0.4) is 0 Å². The van der Waals surface area contributed by atoms with Crippen molar-refractivity contribution in [1.82, 2.24) is 4.90 Å². The Morgan fingerprint density at radius 2 is 1.94 bits per heavy atom. The molecule has 4 heteroatoms. The standard InChI is InChI=1S/C14H30N2O2/c1-5-16(11-12-18-6-2)13(17)7-8-14(3,4)9-10-15/h5-12,15H2,1-4H3. The number of ether oxygens (including phenoxy) is 1. The monoisotopic (exact) mass is 258 g/mol. The van der Waals surface area contributed by atoms with Gasteiger partial charge in [-0.2, -0.15) is 0 Å². The molecule has 0 radical (unpaired) electrons. The van der Waals surface area contributed by atoms with E-state index in [1.54, 1.807) is 0 Å². The van der Waals surface area contributed by atoms with Crippen LogP contribution in [0, 0.1) is 5.41 Å². The van der Waals surface area contributed by atoms with E-state index in [0.29, 0.717) is 32.7 Å². The van der Waals surface area contributed by atoms with E-state index in [9.17, 15) is 4.79 Å². The SMILES string of the molecule is CCOCCN(CC)C(=O)CCC(C)(C)CCN. The average molecular weight is 258 g/mol. The molecule has 0 saturated heterocycles.